The van der Waals surface area contributed by atoms with Crippen LogP contribution >= 0.6 is 11.6 Å². The number of amides is 1. The Bertz CT molecular complexity index is 1110. The molecule has 0 heterocycles. The highest BCUT2D eigenvalue weighted by Gasteiger charge is 2.21. The first-order chi connectivity index (χ1) is 13.8. The zero-order valence-electron chi connectivity index (χ0n) is 16.1. The summed E-state index contributed by atoms with van der Waals surface area (Å²) >= 11 is 6.14. The lowest BCUT2D eigenvalue weighted by Crippen LogP contribution is -2.26. The van der Waals surface area contributed by atoms with Crippen LogP contribution in [0.1, 0.15) is 21.5 Å². The highest BCUT2D eigenvalue weighted by atomic mass is 35.5. The Balaban J connectivity index is 1.85. The molecular weight excluding hydrogens is 408 g/mol. The van der Waals surface area contributed by atoms with Crippen molar-refractivity contribution >= 4 is 33.2 Å². The number of nitrogens with one attached hydrogen (secondary N) is 1. The van der Waals surface area contributed by atoms with Crippen molar-refractivity contribution in [2.75, 3.05) is 11.8 Å². The first-order valence-corrected chi connectivity index (χ1v) is 10.8. The van der Waals surface area contributed by atoms with Gasteiger partial charge in [-0.25, -0.2) is 8.42 Å². The summed E-state index contributed by atoms with van der Waals surface area (Å²) in [5.74, 6) is -0.294. The van der Waals surface area contributed by atoms with Crippen molar-refractivity contribution in [2.45, 2.75) is 18.4 Å². The average molecular weight is 429 g/mol. The van der Waals surface area contributed by atoms with E-state index in [-0.39, 0.29) is 21.4 Å². The molecule has 3 rings (SSSR count). The van der Waals surface area contributed by atoms with Crippen LogP contribution in [0.15, 0.2) is 77.7 Å². The third kappa shape index (κ3) is 5.16. The summed E-state index contributed by atoms with van der Waals surface area (Å²) in [6, 6.07) is 20.8. The Hall–Kier alpha value is -2.83. The van der Waals surface area contributed by atoms with Crippen LogP contribution in [0.5, 0.6) is 0 Å². The van der Waals surface area contributed by atoms with E-state index in [1.54, 1.807) is 31.3 Å². The van der Waals surface area contributed by atoms with Crippen molar-refractivity contribution in [2.24, 2.45) is 0 Å². The van der Waals surface area contributed by atoms with Crippen molar-refractivity contribution in [1.82, 2.24) is 4.90 Å². The molecule has 5 nitrogen and oxygen atoms in total. The summed E-state index contributed by atoms with van der Waals surface area (Å²) < 4.78 is 28.1. The number of benzene rings is 3. The number of halogens is 1. The Kier molecular flexibility index (Phi) is 6.25. The lowest BCUT2D eigenvalue weighted by atomic mass is 10.1. The fourth-order valence-electron chi connectivity index (χ4n) is 2.82. The van der Waals surface area contributed by atoms with Gasteiger partial charge in [-0.3, -0.25) is 9.52 Å². The summed E-state index contributed by atoms with van der Waals surface area (Å²) in [5, 5.41) is 0.0480. The summed E-state index contributed by atoms with van der Waals surface area (Å²) in [7, 11) is -2.28. The molecule has 29 heavy (non-hydrogen) atoms. The molecule has 150 valence electrons. The maximum Gasteiger partial charge on any atom is 0.263 e. The van der Waals surface area contributed by atoms with Gasteiger partial charge < -0.3 is 4.90 Å². The third-order valence-electron chi connectivity index (χ3n) is 4.38. The van der Waals surface area contributed by atoms with Gasteiger partial charge in [-0.15, -0.1) is 0 Å². The Morgan fingerprint density at radius 1 is 1.00 bits per heavy atom. The van der Waals surface area contributed by atoms with Gasteiger partial charge in [0, 0.05) is 24.8 Å². The lowest BCUT2D eigenvalue weighted by molar-refractivity contribution is 0.0785. The molecule has 0 aliphatic rings. The van der Waals surface area contributed by atoms with Crippen LogP contribution in [-0.2, 0) is 16.6 Å². The molecule has 0 aliphatic carbocycles. The number of sulfonamides is 1. The number of hydrogen-bond acceptors (Lipinski definition) is 3. The van der Waals surface area contributed by atoms with E-state index in [1.807, 2.05) is 37.3 Å². The van der Waals surface area contributed by atoms with Crippen LogP contribution < -0.4 is 4.72 Å². The van der Waals surface area contributed by atoms with E-state index in [0.717, 1.165) is 11.1 Å². The molecule has 3 aromatic carbocycles. The van der Waals surface area contributed by atoms with Gasteiger partial charge in [0.05, 0.1) is 5.02 Å². The van der Waals surface area contributed by atoms with Crippen LogP contribution in [-0.4, -0.2) is 26.3 Å². The zero-order valence-corrected chi connectivity index (χ0v) is 17.7. The lowest BCUT2D eigenvalue weighted by Gasteiger charge is -2.18. The van der Waals surface area contributed by atoms with Crippen molar-refractivity contribution in [3.8, 4) is 0 Å². The second-order valence-electron chi connectivity index (χ2n) is 6.76. The van der Waals surface area contributed by atoms with Gasteiger partial charge in [-0.1, -0.05) is 59.6 Å². The minimum atomic E-state index is -3.95. The Morgan fingerprint density at radius 2 is 1.66 bits per heavy atom. The van der Waals surface area contributed by atoms with Crippen LogP contribution in [0.3, 0.4) is 0 Å². The maximum absolute atomic E-state index is 12.8. The van der Waals surface area contributed by atoms with Gasteiger partial charge in [0.2, 0.25) is 0 Å². The predicted molar refractivity (Wildman–Crippen MR) is 116 cm³/mol. The molecule has 0 fully saturated rings. The van der Waals surface area contributed by atoms with E-state index < -0.39 is 10.0 Å². The minimum absolute atomic E-state index is 0.0480. The van der Waals surface area contributed by atoms with E-state index >= 15 is 0 Å². The normalized spacial score (nSPS) is 11.1. The second kappa shape index (κ2) is 8.68. The standard InChI is InChI=1S/C22H21ClN2O3S/c1-16-8-11-19(12-9-16)24-29(27,28)21-14-18(10-13-20(21)23)22(26)25(2)15-17-6-4-3-5-7-17/h3-14,24H,15H2,1-2H3. The van der Waals surface area contributed by atoms with E-state index in [2.05, 4.69) is 4.72 Å². The number of carbonyl (C=O) groups excluding carboxylic acids is 1. The summed E-state index contributed by atoms with van der Waals surface area (Å²) in [6.07, 6.45) is 0. The Labute approximate surface area is 176 Å². The van der Waals surface area contributed by atoms with Gasteiger partial charge in [0.15, 0.2) is 0 Å². The van der Waals surface area contributed by atoms with Crippen LogP contribution in [0, 0.1) is 6.92 Å². The Morgan fingerprint density at radius 3 is 2.31 bits per heavy atom. The number of nitrogens with zero attached hydrogens (tertiary/aromatic N) is 1. The average Bonchev–Trinajstić information content (AvgIpc) is 2.70. The topological polar surface area (TPSA) is 66.5 Å². The molecule has 0 aliphatic heterocycles. The molecule has 1 N–H and O–H groups in total. The number of hydrogen-bond donors (Lipinski definition) is 1. The first kappa shape index (κ1) is 20.9. The molecule has 0 atom stereocenters. The quantitative estimate of drug-likeness (QED) is 0.617. The largest absolute Gasteiger partial charge is 0.337 e. The molecule has 0 saturated heterocycles. The van der Waals surface area contributed by atoms with Crippen LogP contribution in [0.4, 0.5) is 5.69 Å². The summed E-state index contributed by atoms with van der Waals surface area (Å²) in [5.41, 5.74) is 2.66. The van der Waals surface area contributed by atoms with E-state index in [1.165, 1.54) is 23.1 Å². The van der Waals surface area contributed by atoms with E-state index in [9.17, 15) is 13.2 Å². The monoisotopic (exact) mass is 428 g/mol. The van der Waals surface area contributed by atoms with Gasteiger partial charge >= 0.3 is 0 Å². The number of aryl methyl sites for hydroxylation is 1. The fraction of sp³-hybridized carbons (Fsp3) is 0.136. The molecule has 0 unspecified atom stereocenters. The second-order valence-corrected chi connectivity index (χ2v) is 8.82. The molecule has 7 heteroatoms. The minimum Gasteiger partial charge on any atom is -0.337 e. The van der Waals surface area contributed by atoms with Crippen molar-refractivity contribution in [3.63, 3.8) is 0 Å². The summed E-state index contributed by atoms with van der Waals surface area (Å²) in [4.78, 5) is 14.2. The predicted octanol–water partition coefficient (Wildman–Crippen LogP) is 4.72. The van der Waals surface area contributed by atoms with E-state index in [4.69, 9.17) is 11.6 Å². The maximum atomic E-state index is 12.8. The SMILES string of the molecule is Cc1ccc(NS(=O)(=O)c2cc(C(=O)N(C)Cc3ccccc3)ccc2Cl)cc1. The third-order valence-corrected chi connectivity index (χ3v) is 6.24. The molecule has 0 aromatic heterocycles. The molecule has 3 aromatic rings. The molecular formula is C22H21ClN2O3S. The molecule has 0 saturated carbocycles. The molecule has 1 amide bonds. The van der Waals surface area contributed by atoms with E-state index in [0.29, 0.717) is 12.2 Å². The van der Waals surface area contributed by atoms with Gasteiger partial charge in [0.1, 0.15) is 4.90 Å². The van der Waals surface area contributed by atoms with Crippen molar-refractivity contribution in [1.29, 1.82) is 0 Å². The highest BCUT2D eigenvalue weighted by molar-refractivity contribution is 7.92. The summed E-state index contributed by atoms with van der Waals surface area (Å²) in [6.45, 7) is 2.32. The van der Waals surface area contributed by atoms with Crippen LogP contribution in [0.2, 0.25) is 5.02 Å². The van der Waals surface area contributed by atoms with Crippen molar-refractivity contribution < 1.29 is 13.2 Å². The number of rotatable bonds is 6. The van der Waals surface area contributed by atoms with Gasteiger partial charge in [-0.05, 0) is 42.8 Å². The van der Waals surface area contributed by atoms with Gasteiger partial charge in [-0.2, -0.15) is 0 Å². The first-order valence-electron chi connectivity index (χ1n) is 8.95. The molecule has 0 spiro atoms. The van der Waals surface area contributed by atoms with Crippen LogP contribution in [0.25, 0.3) is 0 Å². The molecule has 0 radical (unpaired) electrons. The molecule has 0 bridgehead atoms. The fourth-order valence-corrected chi connectivity index (χ4v) is 4.41. The zero-order chi connectivity index (χ0) is 21.0. The van der Waals surface area contributed by atoms with Crippen molar-refractivity contribution in [3.05, 3.63) is 94.5 Å². The number of anilines is 1. The number of carbonyl (C=O) groups is 1. The smallest absolute Gasteiger partial charge is 0.263 e. The van der Waals surface area contributed by atoms with Gasteiger partial charge in [0.25, 0.3) is 15.9 Å². The highest BCUT2D eigenvalue weighted by Crippen LogP contribution is 2.26.